The zero-order valence-electron chi connectivity index (χ0n) is 8.42. The SMILES string of the molecule is CC1(C(F)(F)F)CN(S(=O)(=O)CCl)CCO1. The maximum absolute atomic E-state index is 12.6. The van der Waals surface area contributed by atoms with E-state index in [1.165, 1.54) is 0 Å². The molecule has 0 aromatic carbocycles. The molecule has 1 aliphatic rings. The molecule has 9 heteroatoms. The van der Waals surface area contributed by atoms with Crippen LogP contribution in [-0.4, -0.2) is 49.4 Å². The molecule has 0 spiro atoms. The van der Waals surface area contributed by atoms with Crippen LogP contribution in [0.2, 0.25) is 0 Å². The molecule has 0 saturated carbocycles. The normalized spacial score (nSPS) is 29.3. The monoisotopic (exact) mass is 281 g/mol. The molecule has 1 aliphatic heterocycles. The van der Waals surface area contributed by atoms with E-state index in [4.69, 9.17) is 11.6 Å². The van der Waals surface area contributed by atoms with Gasteiger partial charge in [0.25, 0.3) is 0 Å². The van der Waals surface area contributed by atoms with Crippen LogP contribution in [0, 0.1) is 0 Å². The number of sulfonamides is 1. The molecule has 0 amide bonds. The largest absolute Gasteiger partial charge is 0.418 e. The van der Waals surface area contributed by atoms with Gasteiger partial charge in [0.2, 0.25) is 10.0 Å². The van der Waals surface area contributed by atoms with Crippen molar-refractivity contribution < 1.29 is 26.3 Å². The van der Waals surface area contributed by atoms with E-state index < -0.39 is 33.6 Å². The first-order valence-electron chi connectivity index (χ1n) is 4.37. The van der Waals surface area contributed by atoms with Crippen molar-refractivity contribution in [3.05, 3.63) is 0 Å². The van der Waals surface area contributed by atoms with Crippen LogP contribution in [0.3, 0.4) is 0 Å². The third-order valence-electron chi connectivity index (χ3n) is 2.37. The van der Waals surface area contributed by atoms with Crippen LogP contribution in [0.15, 0.2) is 0 Å². The van der Waals surface area contributed by atoms with Crippen molar-refractivity contribution in [3.8, 4) is 0 Å². The molecule has 0 N–H and O–H groups in total. The van der Waals surface area contributed by atoms with Gasteiger partial charge < -0.3 is 4.74 Å². The van der Waals surface area contributed by atoms with Crippen molar-refractivity contribution in [2.75, 3.05) is 24.9 Å². The van der Waals surface area contributed by atoms with Gasteiger partial charge in [-0.2, -0.15) is 17.5 Å². The molecule has 1 atom stereocenters. The minimum atomic E-state index is -4.62. The number of nitrogens with zero attached hydrogens (tertiary/aromatic N) is 1. The smallest absolute Gasteiger partial charge is 0.363 e. The first-order chi connectivity index (χ1) is 7.12. The van der Waals surface area contributed by atoms with Gasteiger partial charge in [0.1, 0.15) is 5.21 Å². The fourth-order valence-corrected chi connectivity index (χ4v) is 2.66. The summed E-state index contributed by atoms with van der Waals surface area (Å²) in [5.74, 6) is 0. The Morgan fingerprint density at radius 1 is 1.50 bits per heavy atom. The van der Waals surface area contributed by atoms with Gasteiger partial charge >= 0.3 is 6.18 Å². The summed E-state index contributed by atoms with van der Waals surface area (Å²) in [5.41, 5.74) is -2.47. The molecule has 4 nitrogen and oxygen atoms in total. The summed E-state index contributed by atoms with van der Waals surface area (Å²) < 4.78 is 65.8. The van der Waals surface area contributed by atoms with Gasteiger partial charge in [0.05, 0.1) is 13.2 Å². The van der Waals surface area contributed by atoms with E-state index in [2.05, 4.69) is 4.74 Å². The molecule has 0 aromatic heterocycles. The Morgan fingerprint density at radius 2 is 2.06 bits per heavy atom. The molecule has 0 aliphatic carbocycles. The number of morpholine rings is 1. The Hall–Kier alpha value is -0.0500. The maximum Gasteiger partial charge on any atom is 0.418 e. The van der Waals surface area contributed by atoms with Crippen LogP contribution in [-0.2, 0) is 14.8 Å². The van der Waals surface area contributed by atoms with Crippen molar-refractivity contribution >= 4 is 21.6 Å². The lowest BCUT2D eigenvalue weighted by molar-refractivity contribution is -0.282. The van der Waals surface area contributed by atoms with Gasteiger partial charge in [0.15, 0.2) is 5.60 Å². The highest BCUT2D eigenvalue weighted by molar-refractivity contribution is 7.90. The molecule has 0 radical (unpaired) electrons. The van der Waals surface area contributed by atoms with Gasteiger partial charge in [-0.05, 0) is 6.92 Å². The lowest BCUT2D eigenvalue weighted by Crippen LogP contribution is -2.59. The summed E-state index contributed by atoms with van der Waals surface area (Å²) in [6.45, 7) is -0.346. The fraction of sp³-hybridized carbons (Fsp3) is 1.00. The highest BCUT2D eigenvalue weighted by Gasteiger charge is 2.55. The predicted molar refractivity (Wildman–Crippen MR) is 51.6 cm³/mol. The van der Waals surface area contributed by atoms with E-state index in [1.807, 2.05) is 0 Å². The van der Waals surface area contributed by atoms with Crippen molar-refractivity contribution in [1.82, 2.24) is 4.31 Å². The van der Waals surface area contributed by atoms with Crippen molar-refractivity contribution in [1.29, 1.82) is 0 Å². The van der Waals surface area contributed by atoms with E-state index in [9.17, 15) is 21.6 Å². The second-order valence-electron chi connectivity index (χ2n) is 3.63. The molecular formula is C7H11ClF3NO3S. The molecule has 1 saturated heterocycles. The minimum absolute atomic E-state index is 0.110. The number of halogens is 4. The average Bonchev–Trinajstić information content (AvgIpc) is 2.16. The number of ether oxygens (including phenoxy) is 1. The highest BCUT2D eigenvalue weighted by Crippen LogP contribution is 2.36. The molecule has 0 bridgehead atoms. The molecule has 1 fully saturated rings. The van der Waals surface area contributed by atoms with Crippen LogP contribution in [0.25, 0.3) is 0 Å². The zero-order valence-corrected chi connectivity index (χ0v) is 9.99. The first kappa shape index (κ1) is 14.0. The van der Waals surface area contributed by atoms with Crippen molar-refractivity contribution in [2.24, 2.45) is 0 Å². The number of rotatable bonds is 2. The third kappa shape index (κ3) is 2.61. The van der Waals surface area contributed by atoms with Crippen LogP contribution in [0.5, 0.6) is 0 Å². The van der Waals surface area contributed by atoms with E-state index in [0.717, 1.165) is 6.92 Å². The number of alkyl halides is 4. The van der Waals surface area contributed by atoms with Gasteiger partial charge in [-0.1, -0.05) is 0 Å². The third-order valence-corrected chi connectivity index (χ3v) is 4.57. The van der Waals surface area contributed by atoms with E-state index in [0.29, 0.717) is 4.31 Å². The van der Waals surface area contributed by atoms with Crippen LogP contribution < -0.4 is 0 Å². The Kier molecular flexibility index (Phi) is 3.78. The molecular weight excluding hydrogens is 271 g/mol. The van der Waals surface area contributed by atoms with Crippen LogP contribution >= 0.6 is 11.6 Å². The molecule has 1 heterocycles. The lowest BCUT2D eigenvalue weighted by atomic mass is 10.1. The molecule has 1 rings (SSSR count). The molecule has 96 valence electrons. The highest BCUT2D eigenvalue weighted by atomic mass is 35.5. The summed E-state index contributed by atoms with van der Waals surface area (Å²) in [5, 5.41) is -0.735. The summed E-state index contributed by atoms with van der Waals surface area (Å²) in [6.07, 6.45) is -4.62. The Balaban J connectivity index is 2.91. The number of hydrogen-bond donors (Lipinski definition) is 0. The van der Waals surface area contributed by atoms with Crippen LogP contribution in [0.1, 0.15) is 6.92 Å². The van der Waals surface area contributed by atoms with Crippen LogP contribution in [0.4, 0.5) is 13.2 Å². The van der Waals surface area contributed by atoms with E-state index >= 15 is 0 Å². The second kappa shape index (κ2) is 4.32. The van der Waals surface area contributed by atoms with Gasteiger partial charge in [-0.3, -0.25) is 0 Å². The summed E-state index contributed by atoms with van der Waals surface area (Å²) in [6, 6.07) is 0. The first-order valence-corrected chi connectivity index (χ1v) is 6.51. The average molecular weight is 282 g/mol. The Morgan fingerprint density at radius 3 is 2.50 bits per heavy atom. The summed E-state index contributed by atoms with van der Waals surface area (Å²) in [4.78, 5) is 0. The summed E-state index contributed by atoms with van der Waals surface area (Å²) in [7, 11) is -3.83. The minimum Gasteiger partial charge on any atom is -0.363 e. The molecule has 0 aromatic rings. The Labute approximate surface area is 96.4 Å². The standard InChI is InChI=1S/C7H11ClF3NO3S/c1-6(7(9,10)11)4-12(2-3-15-6)16(13,14)5-8/h2-5H2,1H3. The Bertz CT molecular complexity index is 358. The van der Waals surface area contributed by atoms with E-state index in [1.54, 1.807) is 0 Å². The van der Waals surface area contributed by atoms with Crippen molar-refractivity contribution in [2.45, 2.75) is 18.7 Å². The van der Waals surface area contributed by atoms with Gasteiger partial charge in [-0.15, -0.1) is 11.6 Å². The molecule has 1 unspecified atom stereocenters. The van der Waals surface area contributed by atoms with Gasteiger partial charge in [0, 0.05) is 6.54 Å². The topological polar surface area (TPSA) is 46.6 Å². The fourth-order valence-electron chi connectivity index (χ4n) is 1.31. The van der Waals surface area contributed by atoms with Crippen molar-refractivity contribution in [3.63, 3.8) is 0 Å². The quantitative estimate of drug-likeness (QED) is 0.714. The summed E-state index contributed by atoms with van der Waals surface area (Å²) >= 11 is 5.18. The van der Waals surface area contributed by atoms with E-state index in [-0.39, 0.29) is 13.2 Å². The zero-order chi connectivity index (χ0) is 12.6. The predicted octanol–water partition coefficient (Wildman–Crippen LogP) is 1.17. The number of hydrogen-bond acceptors (Lipinski definition) is 3. The second-order valence-corrected chi connectivity index (χ2v) is 6.18. The van der Waals surface area contributed by atoms with Gasteiger partial charge in [-0.25, -0.2) is 8.42 Å². The molecule has 16 heavy (non-hydrogen) atoms. The maximum atomic E-state index is 12.6. The lowest BCUT2D eigenvalue weighted by Gasteiger charge is -2.40.